The fourth-order valence-corrected chi connectivity index (χ4v) is 1.49. The van der Waals surface area contributed by atoms with Crippen LogP contribution in [0.5, 0.6) is 0 Å². The van der Waals surface area contributed by atoms with E-state index in [4.69, 9.17) is 10.8 Å². The van der Waals surface area contributed by atoms with Crippen LogP contribution in [0.1, 0.15) is 17.3 Å². The summed E-state index contributed by atoms with van der Waals surface area (Å²) < 4.78 is 1.90. The van der Waals surface area contributed by atoms with Crippen LogP contribution in [0.15, 0.2) is 24.7 Å². The van der Waals surface area contributed by atoms with Crippen molar-refractivity contribution in [3.05, 3.63) is 35.9 Å². The summed E-state index contributed by atoms with van der Waals surface area (Å²) in [6.07, 6.45) is 3.64. The second-order valence-electron chi connectivity index (χ2n) is 3.42. The molecular formula is C10H13N3O. The van der Waals surface area contributed by atoms with Crippen LogP contribution in [0.2, 0.25) is 0 Å². The lowest BCUT2D eigenvalue weighted by Crippen LogP contribution is -2.15. The fourth-order valence-electron chi connectivity index (χ4n) is 1.49. The summed E-state index contributed by atoms with van der Waals surface area (Å²) in [4.78, 5) is 4.19. The molecule has 0 aromatic carbocycles. The minimum absolute atomic E-state index is 0.0827. The molecule has 4 nitrogen and oxygen atoms in total. The molecule has 0 aliphatic carbocycles. The van der Waals surface area contributed by atoms with E-state index >= 15 is 0 Å². The van der Waals surface area contributed by atoms with Crippen LogP contribution >= 0.6 is 0 Å². The van der Waals surface area contributed by atoms with Crippen molar-refractivity contribution < 1.29 is 5.11 Å². The average molecular weight is 191 g/mol. The Hall–Kier alpha value is -1.39. The van der Waals surface area contributed by atoms with E-state index in [0.29, 0.717) is 0 Å². The zero-order chi connectivity index (χ0) is 10.1. The van der Waals surface area contributed by atoms with Gasteiger partial charge in [-0.2, -0.15) is 0 Å². The third kappa shape index (κ3) is 1.38. The smallest absolute Gasteiger partial charge is 0.0996 e. The summed E-state index contributed by atoms with van der Waals surface area (Å²) in [6.45, 7) is 1.93. The van der Waals surface area contributed by atoms with Gasteiger partial charge in [-0.05, 0) is 24.6 Å². The van der Waals surface area contributed by atoms with Crippen molar-refractivity contribution in [2.75, 3.05) is 6.61 Å². The van der Waals surface area contributed by atoms with E-state index in [0.717, 1.165) is 16.8 Å². The fraction of sp³-hybridized carbons (Fsp3) is 0.300. The third-order valence-corrected chi connectivity index (χ3v) is 2.27. The lowest BCUT2D eigenvalue weighted by molar-refractivity contribution is 0.267. The molecule has 1 atom stereocenters. The number of aromatic nitrogens is 2. The van der Waals surface area contributed by atoms with Crippen LogP contribution < -0.4 is 5.73 Å². The second-order valence-corrected chi connectivity index (χ2v) is 3.42. The normalized spacial score (nSPS) is 13.4. The van der Waals surface area contributed by atoms with E-state index in [1.165, 1.54) is 0 Å². The number of hydrogen-bond donors (Lipinski definition) is 2. The number of nitrogens with two attached hydrogens (primary N) is 1. The van der Waals surface area contributed by atoms with Gasteiger partial charge in [0.1, 0.15) is 0 Å². The van der Waals surface area contributed by atoms with E-state index in [2.05, 4.69) is 4.98 Å². The first-order valence-corrected chi connectivity index (χ1v) is 4.52. The van der Waals surface area contributed by atoms with Gasteiger partial charge in [0.15, 0.2) is 0 Å². The Morgan fingerprint density at radius 2 is 2.43 bits per heavy atom. The predicted octanol–water partition coefficient (Wildman–Crippen LogP) is 0.635. The predicted molar refractivity (Wildman–Crippen MR) is 53.9 cm³/mol. The molecule has 0 aliphatic rings. The van der Waals surface area contributed by atoms with Crippen molar-refractivity contribution in [2.45, 2.75) is 13.0 Å². The summed E-state index contributed by atoms with van der Waals surface area (Å²) >= 11 is 0. The monoisotopic (exact) mass is 191 g/mol. The summed E-state index contributed by atoms with van der Waals surface area (Å²) in [5, 5.41) is 8.96. The van der Waals surface area contributed by atoms with Gasteiger partial charge in [-0.3, -0.25) is 0 Å². The van der Waals surface area contributed by atoms with E-state index in [1.807, 2.05) is 29.7 Å². The Morgan fingerprint density at radius 3 is 3.14 bits per heavy atom. The second kappa shape index (κ2) is 3.40. The number of rotatable bonds is 2. The lowest BCUT2D eigenvalue weighted by Gasteiger charge is -2.05. The van der Waals surface area contributed by atoms with E-state index in [-0.39, 0.29) is 6.61 Å². The number of fused-ring (bicyclic) bond motifs is 1. The first kappa shape index (κ1) is 9.18. The molecule has 1 unspecified atom stereocenters. The minimum atomic E-state index is -0.401. The molecular weight excluding hydrogens is 178 g/mol. The number of aryl methyl sites for hydroxylation is 1. The van der Waals surface area contributed by atoms with Crippen molar-refractivity contribution in [1.29, 1.82) is 0 Å². The van der Waals surface area contributed by atoms with Gasteiger partial charge in [0.2, 0.25) is 0 Å². The molecule has 0 spiro atoms. The highest BCUT2D eigenvalue weighted by molar-refractivity contribution is 5.54. The number of pyridine rings is 1. The maximum Gasteiger partial charge on any atom is 0.0996 e. The van der Waals surface area contributed by atoms with Crippen LogP contribution in [0.4, 0.5) is 0 Å². The van der Waals surface area contributed by atoms with Crippen molar-refractivity contribution in [2.24, 2.45) is 5.73 Å². The zero-order valence-corrected chi connectivity index (χ0v) is 8.01. The molecule has 2 heterocycles. The van der Waals surface area contributed by atoms with Crippen molar-refractivity contribution in [3.63, 3.8) is 0 Å². The summed E-state index contributed by atoms with van der Waals surface area (Å²) in [5.74, 6) is 0. The molecule has 0 saturated carbocycles. The number of imidazole rings is 1. The quantitative estimate of drug-likeness (QED) is 0.732. The molecule has 3 N–H and O–H groups in total. The number of nitrogens with zero attached hydrogens (tertiary/aromatic N) is 2. The molecule has 4 heteroatoms. The Balaban J connectivity index is 2.61. The van der Waals surface area contributed by atoms with Gasteiger partial charge in [-0.1, -0.05) is 0 Å². The van der Waals surface area contributed by atoms with E-state index in [9.17, 15) is 0 Å². The molecule has 0 radical (unpaired) electrons. The standard InChI is InChI=1S/C10H13N3O/c1-7-2-3-13-6-12-10(8(11)5-14)9(13)4-7/h2-4,6,8,14H,5,11H2,1H3. The third-order valence-electron chi connectivity index (χ3n) is 2.27. The van der Waals surface area contributed by atoms with E-state index in [1.54, 1.807) is 6.33 Å². The van der Waals surface area contributed by atoms with Crippen LogP contribution in [-0.4, -0.2) is 21.1 Å². The highest BCUT2D eigenvalue weighted by atomic mass is 16.3. The van der Waals surface area contributed by atoms with Crippen LogP contribution in [0.3, 0.4) is 0 Å². The Bertz CT molecular complexity index is 450. The molecule has 2 rings (SSSR count). The highest BCUT2D eigenvalue weighted by Gasteiger charge is 2.11. The van der Waals surface area contributed by atoms with Crippen molar-refractivity contribution in [1.82, 2.24) is 9.38 Å². The maximum absolute atomic E-state index is 8.96. The number of aliphatic hydroxyl groups is 1. The topological polar surface area (TPSA) is 63.5 Å². The molecule has 0 amide bonds. The van der Waals surface area contributed by atoms with Gasteiger partial charge in [0.05, 0.1) is 30.2 Å². The first-order valence-electron chi connectivity index (χ1n) is 4.52. The summed E-state index contributed by atoms with van der Waals surface area (Å²) in [5.41, 5.74) is 8.60. The average Bonchev–Trinajstić information content (AvgIpc) is 2.59. The molecule has 2 aromatic heterocycles. The lowest BCUT2D eigenvalue weighted by atomic mass is 10.2. The maximum atomic E-state index is 8.96. The first-order chi connectivity index (χ1) is 6.72. The molecule has 0 aliphatic heterocycles. The Labute approximate surface area is 82.0 Å². The van der Waals surface area contributed by atoms with Crippen molar-refractivity contribution >= 4 is 5.52 Å². The van der Waals surface area contributed by atoms with Gasteiger partial charge >= 0.3 is 0 Å². The van der Waals surface area contributed by atoms with E-state index < -0.39 is 6.04 Å². The van der Waals surface area contributed by atoms with Gasteiger partial charge in [0, 0.05) is 6.20 Å². The van der Waals surface area contributed by atoms with Gasteiger partial charge in [0.25, 0.3) is 0 Å². The zero-order valence-electron chi connectivity index (χ0n) is 8.01. The summed E-state index contributed by atoms with van der Waals surface area (Å²) in [6, 6.07) is 3.61. The van der Waals surface area contributed by atoms with Crippen LogP contribution in [0.25, 0.3) is 5.52 Å². The molecule has 0 saturated heterocycles. The molecule has 0 fully saturated rings. The Kier molecular flexibility index (Phi) is 2.23. The van der Waals surface area contributed by atoms with Gasteiger partial charge in [-0.15, -0.1) is 0 Å². The van der Waals surface area contributed by atoms with Crippen LogP contribution in [0, 0.1) is 6.92 Å². The van der Waals surface area contributed by atoms with Crippen LogP contribution in [-0.2, 0) is 0 Å². The molecule has 74 valence electrons. The highest BCUT2D eigenvalue weighted by Crippen LogP contribution is 2.16. The Morgan fingerprint density at radius 1 is 1.64 bits per heavy atom. The van der Waals surface area contributed by atoms with Crippen molar-refractivity contribution in [3.8, 4) is 0 Å². The molecule has 2 aromatic rings. The summed E-state index contributed by atoms with van der Waals surface area (Å²) in [7, 11) is 0. The SMILES string of the molecule is Cc1ccn2cnc(C(N)CO)c2c1. The molecule has 0 bridgehead atoms. The number of hydrogen-bond acceptors (Lipinski definition) is 3. The molecule has 14 heavy (non-hydrogen) atoms. The largest absolute Gasteiger partial charge is 0.394 e. The van der Waals surface area contributed by atoms with Gasteiger partial charge < -0.3 is 15.2 Å². The minimum Gasteiger partial charge on any atom is -0.394 e. The van der Waals surface area contributed by atoms with Gasteiger partial charge in [-0.25, -0.2) is 4.98 Å². The number of aliphatic hydroxyl groups excluding tert-OH is 1.